The molecule has 2 atom stereocenters. The van der Waals surface area contributed by atoms with Crippen molar-refractivity contribution in [3.8, 4) is 0 Å². The lowest BCUT2D eigenvalue weighted by molar-refractivity contribution is 0.104. The highest BCUT2D eigenvalue weighted by Crippen LogP contribution is 2.30. The molecule has 3 heterocycles. The van der Waals surface area contributed by atoms with Gasteiger partial charge in [-0.1, -0.05) is 11.6 Å². The van der Waals surface area contributed by atoms with Crippen molar-refractivity contribution in [3.63, 3.8) is 0 Å². The minimum absolute atomic E-state index is 0.0691. The van der Waals surface area contributed by atoms with Gasteiger partial charge in [0.1, 0.15) is 12.1 Å². The number of anilines is 1. The summed E-state index contributed by atoms with van der Waals surface area (Å²) in [5.41, 5.74) is 3.04. The van der Waals surface area contributed by atoms with Gasteiger partial charge in [-0.2, -0.15) is 20.2 Å². The van der Waals surface area contributed by atoms with Crippen LogP contribution < -0.4 is 10.5 Å². The Bertz CT molecular complexity index is 1100. The van der Waals surface area contributed by atoms with Gasteiger partial charge < -0.3 is 5.32 Å². The fraction of sp³-hybridized carbons (Fsp3) is 0.476. The van der Waals surface area contributed by atoms with Crippen LogP contribution in [0.15, 0.2) is 35.6 Å². The van der Waals surface area contributed by atoms with Gasteiger partial charge in [0.15, 0.2) is 0 Å². The largest absolute Gasteiger partial charge is 0.367 e. The van der Waals surface area contributed by atoms with E-state index in [1.165, 1.54) is 23.2 Å². The number of nitrogens with two attached hydrogens (primary N) is 1. The van der Waals surface area contributed by atoms with Crippen LogP contribution >= 0.6 is 23.1 Å². The van der Waals surface area contributed by atoms with E-state index in [2.05, 4.69) is 26.7 Å². The van der Waals surface area contributed by atoms with Gasteiger partial charge in [-0.25, -0.2) is 15.1 Å². The standard InChI is InChI=1S/C21H26N4O4S3/c22-32(27,28)29-11-15-1-2-17(8-15)25-21-18(10-23-13-24-21)20(26)19-9-16(12-31-19)7-14-3-5-30-6-4-14/h3,9-10,12-13,15,17H,1-2,4-8,11H2,(H2,22,27,28)(H,23,24,25)/t15-,17?/m1/s1. The summed E-state index contributed by atoms with van der Waals surface area (Å²) >= 11 is 3.40. The number of thiophene rings is 1. The number of nitrogens with zero attached hydrogens (tertiary/aromatic N) is 2. The first-order valence-electron chi connectivity index (χ1n) is 10.5. The van der Waals surface area contributed by atoms with Crippen molar-refractivity contribution in [1.29, 1.82) is 0 Å². The molecule has 8 nitrogen and oxygen atoms in total. The second-order valence-electron chi connectivity index (χ2n) is 8.10. The molecular formula is C21H26N4O4S3. The smallest absolute Gasteiger partial charge is 0.333 e. The lowest BCUT2D eigenvalue weighted by atomic mass is 10.0. The molecule has 1 unspecified atom stereocenters. The summed E-state index contributed by atoms with van der Waals surface area (Å²) in [5, 5.41) is 10.3. The minimum atomic E-state index is -3.93. The molecule has 2 aromatic rings. The normalized spacial score (nSPS) is 21.3. The van der Waals surface area contributed by atoms with Crippen molar-refractivity contribution in [1.82, 2.24) is 9.97 Å². The fourth-order valence-corrected chi connectivity index (χ4v) is 6.24. The molecule has 1 saturated carbocycles. The second-order valence-corrected chi connectivity index (χ2v) is 11.4. The highest BCUT2D eigenvalue weighted by Gasteiger charge is 2.28. The van der Waals surface area contributed by atoms with Crippen molar-refractivity contribution in [2.45, 2.75) is 38.1 Å². The molecule has 1 fully saturated rings. The van der Waals surface area contributed by atoms with Gasteiger partial charge in [0.25, 0.3) is 0 Å². The van der Waals surface area contributed by atoms with Crippen LogP contribution in [0.4, 0.5) is 5.82 Å². The molecule has 172 valence electrons. The van der Waals surface area contributed by atoms with Gasteiger partial charge in [-0.15, -0.1) is 11.3 Å². The minimum Gasteiger partial charge on any atom is -0.367 e. The van der Waals surface area contributed by atoms with Gasteiger partial charge in [0.2, 0.25) is 5.78 Å². The van der Waals surface area contributed by atoms with E-state index in [9.17, 15) is 13.2 Å². The Balaban J connectivity index is 1.40. The Morgan fingerprint density at radius 2 is 2.22 bits per heavy atom. The van der Waals surface area contributed by atoms with Crippen molar-refractivity contribution >= 4 is 45.0 Å². The highest BCUT2D eigenvalue weighted by atomic mass is 32.2. The lowest BCUT2D eigenvalue weighted by Gasteiger charge is -2.15. The van der Waals surface area contributed by atoms with Crippen LogP contribution in [0.25, 0.3) is 0 Å². The van der Waals surface area contributed by atoms with Crippen LogP contribution in [0.2, 0.25) is 0 Å². The van der Waals surface area contributed by atoms with Gasteiger partial charge >= 0.3 is 10.3 Å². The number of nitrogens with one attached hydrogen (secondary N) is 1. The zero-order valence-electron chi connectivity index (χ0n) is 17.5. The van der Waals surface area contributed by atoms with Crippen molar-refractivity contribution in [3.05, 3.63) is 51.6 Å². The van der Waals surface area contributed by atoms with Crippen LogP contribution in [0.5, 0.6) is 0 Å². The van der Waals surface area contributed by atoms with Gasteiger partial charge in [-0.05, 0) is 60.8 Å². The molecule has 0 amide bonds. The quantitative estimate of drug-likeness (QED) is 0.402. The number of carbonyl (C=O) groups excluding carboxylic acids is 1. The second kappa shape index (κ2) is 10.4. The van der Waals surface area contributed by atoms with E-state index in [4.69, 9.17) is 9.32 Å². The molecule has 0 aromatic carbocycles. The molecule has 1 aliphatic carbocycles. The zero-order chi connectivity index (χ0) is 22.6. The number of thioether (sulfide) groups is 1. The number of aromatic nitrogens is 2. The Kier molecular flexibility index (Phi) is 7.62. The number of hydrogen-bond acceptors (Lipinski definition) is 9. The molecular weight excluding hydrogens is 468 g/mol. The molecule has 11 heteroatoms. The summed E-state index contributed by atoms with van der Waals surface area (Å²) in [6.45, 7) is 0.0691. The molecule has 32 heavy (non-hydrogen) atoms. The summed E-state index contributed by atoms with van der Waals surface area (Å²) in [4.78, 5) is 22.2. The van der Waals surface area contributed by atoms with Crippen LogP contribution in [-0.4, -0.2) is 48.3 Å². The number of carbonyl (C=O) groups is 1. The number of ketones is 1. The maximum absolute atomic E-state index is 13.2. The van der Waals surface area contributed by atoms with Crippen LogP contribution in [-0.2, 0) is 20.9 Å². The SMILES string of the molecule is NS(=O)(=O)OC[C@@H]1CCC(Nc2ncncc2C(=O)c2cc(CC3=CCSCC3)cs2)C1. The molecule has 2 aliphatic rings. The van der Waals surface area contributed by atoms with E-state index in [0.29, 0.717) is 22.7 Å². The van der Waals surface area contributed by atoms with E-state index >= 15 is 0 Å². The first-order valence-corrected chi connectivity index (χ1v) is 14.0. The molecule has 0 bridgehead atoms. The van der Waals surface area contributed by atoms with Gasteiger partial charge in [0, 0.05) is 18.0 Å². The number of hydrogen-bond donors (Lipinski definition) is 2. The Morgan fingerprint density at radius 3 is 3.00 bits per heavy atom. The molecule has 0 saturated heterocycles. The Labute approximate surface area is 196 Å². The Hall–Kier alpha value is -1.79. The topological polar surface area (TPSA) is 124 Å². The third-order valence-electron chi connectivity index (χ3n) is 5.67. The average Bonchev–Trinajstić information content (AvgIpc) is 3.42. The molecule has 0 spiro atoms. The summed E-state index contributed by atoms with van der Waals surface area (Å²) in [7, 11) is -3.93. The van der Waals surface area contributed by atoms with E-state index in [-0.39, 0.29) is 24.3 Å². The number of allylic oxidation sites excluding steroid dienone is 1. The third kappa shape index (κ3) is 6.38. The van der Waals surface area contributed by atoms with Gasteiger partial charge in [-0.3, -0.25) is 8.98 Å². The maximum Gasteiger partial charge on any atom is 0.333 e. The highest BCUT2D eigenvalue weighted by molar-refractivity contribution is 7.99. The van der Waals surface area contributed by atoms with E-state index in [1.807, 2.05) is 17.8 Å². The lowest BCUT2D eigenvalue weighted by Crippen LogP contribution is -2.22. The molecule has 4 rings (SSSR count). The van der Waals surface area contributed by atoms with Crippen molar-refractivity contribution in [2.24, 2.45) is 11.1 Å². The third-order valence-corrected chi connectivity index (χ3v) is 8.01. The van der Waals surface area contributed by atoms with Crippen molar-refractivity contribution in [2.75, 3.05) is 23.4 Å². The van der Waals surface area contributed by atoms with E-state index in [0.717, 1.165) is 42.8 Å². The fourth-order valence-electron chi connectivity index (χ4n) is 4.06. The predicted octanol–water partition coefficient (Wildman–Crippen LogP) is 3.18. The van der Waals surface area contributed by atoms with Crippen LogP contribution in [0, 0.1) is 5.92 Å². The van der Waals surface area contributed by atoms with Crippen LogP contribution in [0.3, 0.4) is 0 Å². The molecule has 0 radical (unpaired) electrons. The average molecular weight is 495 g/mol. The van der Waals surface area contributed by atoms with E-state index < -0.39 is 10.3 Å². The first kappa shape index (κ1) is 23.4. The first-order chi connectivity index (χ1) is 15.4. The summed E-state index contributed by atoms with van der Waals surface area (Å²) in [6, 6.07) is 2.04. The summed E-state index contributed by atoms with van der Waals surface area (Å²) in [6.07, 6.45) is 9.61. The molecule has 2 aromatic heterocycles. The maximum atomic E-state index is 13.2. The summed E-state index contributed by atoms with van der Waals surface area (Å²) < 4.78 is 26.7. The van der Waals surface area contributed by atoms with Crippen LogP contribution in [0.1, 0.15) is 46.5 Å². The predicted molar refractivity (Wildman–Crippen MR) is 127 cm³/mol. The monoisotopic (exact) mass is 494 g/mol. The number of rotatable bonds is 9. The van der Waals surface area contributed by atoms with E-state index in [1.54, 1.807) is 6.20 Å². The molecule has 3 N–H and O–H groups in total. The van der Waals surface area contributed by atoms with Crippen molar-refractivity contribution < 1.29 is 17.4 Å². The molecule has 1 aliphatic heterocycles. The summed E-state index contributed by atoms with van der Waals surface area (Å²) in [5.74, 6) is 2.72. The Morgan fingerprint density at radius 1 is 1.34 bits per heavy atom. The van der Waals surface area contributed by atoms with Gasteiger partial charge in [0.05, 0.1) is 17.0 Å². The zero-order valence-corrected chi connectivity index (χ0v) is 20.0.